The van der Waals surface area contributed by atoms with Crippen LogP contribution < -0.4 is 21.7 Å². The summed E-state index contributed by atoms with van der Waals surface area (Å²) in [5.74, 6) is -1.28. The van der Waals surface area contributed by atoms with E-state index in [-0.39, 0.29) is 42.3 Å². The van der Waals surface area contributed by atoms with Crippen molar-refractivity contribution >= 4 is 35.2 Å². The Labute approximate surface area is 136 Å². The fourth-order valence-corrected chi connectivity index (χ4v) is 2.99. The van der Waals surface area contributed by atoms with E-state index in [0.29, 0.717) is 5.69 Å². The van der Waals surface area contributed by atoms with Crippen molar-refractivity contribution in [3.63, 3.8) is 0 Å². The lowest BCUT2D eigenvalue weighted by Crippen LogP contribution is -2.55. The van der Waals surface area contributed by atoms with E-state index in [1.165, 1.54) is 36.0 Å². The van der Waals surface area contributed by atoms with E-state index in [2.05, 4.69) is 16.0 Å². The standard InChI is InChI=1S/C14H17FN4O3S/c15-8-1-3-9(4-2-8)17-13(22)7-23-14-18-10(5-11(16)20)6-12(21)19-14/h1-4,10,14,18H,5-7H2,(H2,16,20)(H,17,22)(H,19,21). The average Bonchev–Trinajstić information content (AvgIpc) is 2.46. The van der Waals surface area contributed by atoms with Gasteiger partial charge in [0.1, 0.15) is 11.3 Å². The number of primary amides is 1. The number of rotatable bonds is 6. The molecule has 0 spiro atoms. The molecule has 1 saturated heterocycles. The summed E-state index contributed by atoms with van der Waals surface area (Å²) in [5.41, 5.74) is 5.14. The average molecular weight is 340 g/mol. The van der Waals surface area contributed by atoms with Gasteiger partial charge in [-0.2, -0.15) is 0 Å². The Kier molecular flexibility index (Phi) is 5.94. The Morgan fingerprint density at radius 1 is 1.35 bits per heavy atom. The summed E-state index contributed by atoms with van der Waals surface area (Å²) in [6, 6.07) is 5.09. The molecule has 9 heteroatoms. The van der Waals surface area contributed by atoms with Crippen molar-refractivity contribution in [3.05, 3.63) is 30.1 Å². The maximum Gasteiger partial charge on any atom is 0.234 e. The van der Waals surface area contributed by atoms with E-state index < -0.39 is 11.4 Å². The Hall–Kier alpha value is -2.13. The van der Waals surface area contributed by atoms with Gasteiger partial charge in [0.25, 0.3) is 0 Å². The van der Waals surface area contributed by atoms with Gasteiger partial charge in [0.2, 0.25) is 17.7 Å². The lowest BCUT2D eigenvalue weighted by atomic mass is 10.1. The molecular weight excluding hydrogens is 323 g/mol. The third kappa shape index (κ3) is 5.87. The van der Waals surface area contributed by atoms with Gasteiger partial charge < -0.3 is 16.4 Å². The molecule has 2 atom stereocenters. The molecule has 0 bridgehead atoms. The monoisotopic (exact) mass is 340 g/mol. The largest absolute Gasteiger partial charge is 0.370 e. The molecule has 2 rings (SSSR count). The molecule has 0 saturated carbocycles. The highest BCUT2D eigenvalue weighted by molar-refractivity contribution is 8.00. The molecule has 23 heavy (non-hydrogen) atoms. The minimum atomic E-state index is -0.491. The number of nitrogens with two attached hydrogens (primary N) is 1. The molecule has 124 valence electrons. The Bertz CT molecular complexity index is 594. The minimum Gasteiger partial charge on any atom is -0.370 e. The topological polar surface area (TPSA) is 113 Å². The first-order valence-corrected chi connectivity index (χ1v) is 7.98. The third-order valence-corrected chi connectivity index (χ3v) is 4.08. The van der Waals surface area contributed by atoms with E-state index in [1.54, 1.807) is 0 Å². The van der Waals surface area contributed by atoms with Crippen molar-refractivity contribution in [2.45, 2.75) is 24.4 Å². The van der Waals surface area contributed by atoms with E-state index >= 15 is 0 Å². The Morgan fingerprint density at radius 2 is 2.04 bits per heavy atom. The van der Waals surface area contributed by atoms with Gasteiger partial charge in [-0.1, -0.05) is 0 Å². The van der Waals surface area contributed by atoms with Gasteiger partial charge in [0.15, 0.2) is 0 Å². The molecule has 1 aliphatic rings. The van der Waals surface area contributed by atoms with E-state index in [0.717, 1.165) is 0 Å². The molecule has 1 heterocycles. The molecule has 0 radical (unpaired) electrons. The van der Waals surface area contributed by atoms with Gasteiger partial charge in [0.05, 0.1) is 5.75 Å². The lowest BCUT2D eigenvalue weighted by molar-refractivity contribution is -0.124. The molecule has 0 aromatic heterocycles. The van der Waals surface area contributed by atoms with E-state index in [4.69, 9.17) is 5.73 Å². The first-order valence-electron chi connectivity index (χ1n) is 6.93. The summed E-state index contributed by atoms with van der Waals surface area (Å²) in [5, 5.41) is 8.34. The second-order valence-corrected chi connectivity index (χ2v) is 6.15. The second kappa shape index (κ2) is 7.93. The zero-order valence-electron chi connectivity index (χ0n) is 12.2. The highest BCUT2D eigenvalue weighted by atomic mass is 32.2. The summed E-state index contributed by atoms with van der Waals surface area (Å²) in [6.07, 6.45) is 0.230. The first-order chi connectivity index (χ1) is 10.9. The van der Waals surface area contributed by atoms with E-state index in [9.17, 15) is 18.8 Å². The predicted octanol–water partition coefficient (Wildman–Crippen LogP) is 0.135. The molecule has 1 fully saturated rings. The molecule has 1 aromatic carbocycles. The number of thioether (sulfide) groups is 1. The van der Waals surface area contributed by atoms with Crippen LogP contribution in [-0.2, 0) is 14.4 Å². The van der Waals surface area contributed by atoms with Gasteiger partial charge in [-0.15, -0.1) is 11.8 Å². The normalized spacial score (nSPS) is 20.7. The number of benzene rings is 1. The van der Waals surface area contributed by atoms with Crippen molar-refractivity contribution in [1.82, 2.24) is 10.6 Å². The van der Waals surface area contributed by atoms with Crippen LogP contribution in [0.3, 0.4) is 0 Å². The molecule has 1 aliphatic heterocycles. The van der Waals surface area contributed by atoms with Crippen molar-refractivity contribution in [3.8, 4) is 0 Å². The van der Waals surface area contributed by atoms with Crippen LogP contribution in [0.1, 0.15) is 12.8 Å². The van der Waals surface area contributed by atoms with Crippen LogP contribution in [-0.4, -0.2) is 35.0 Å². The van der Waals surface area contributed by atoms with Gasteiger partial charge in [-0.25, -0.2) is 4.39 Å². The van der Waals surface area contributed by atoms with Crippen LogP contribution in [0.15, 0.2) is 24.3 Å². The zero-order chi connectivity index (χ0) is 16.8. The van der Waals surface area contributed by atoms with Crippen molar-refractivity contribution in [2.75, 3.05) is 11.1 Å². The van der Waals surface area contributed by atoms with Crippen LogP contribution in [0.5, 0.6) is 0 Å². The molecule has 1 aromatic rings. The lowest BCUT2D eigenvalue weighted by Gasteiger charge is -2.30. The minimum absolute atomic E-state index is 0.0618. The van der Waals surface area contributed by atoms with Crippen LogP contribution in [0.25, 0.3) is 0 Å². The quantitative estimate of drug-likeness (QED) is 0.588. The van der Waals surface area contributed by atoms with E-state index in [1.807, 2.05) is 0 Å². The molecule has 2 unspecified atom stereocenters. The number of carbonyl (C=O) groups is 3. The zero-order valence-corrected chi connectivity index (χ0v) is 13.0. The van der Waals surface area contributed by atoms with Crippen LogP contribution in [0.2, 0.25) is 0 Å². The van der Waals surface area contributed by atoms with Crippen LogP contribution >= 0.6 is 11.8 Å². The van der Waals surface area contributed by atoms with Crippen LogP contribution in [0, 0.1) is 5.82 Å². The second-order valence-electron chi connectivity index (χ2n) is 5.05. The fourth-order valence-electron chi connectivity index (χ4n) is 2.10. The SMILES string of the molecule is NC(=O)CC1CC(=O)NC(SCC(=O)Nc2ccc(F)cc2)N1. The van der Waals surface area contributed by atoms with Gasteiger partial charge in [-0.3, -0.25) is 19.7 Å². The van der Waals surface area contributed by atoms with Crippen LogP contribution in [0.4, 0.5) is 10.1 Å². The summed E-state index contributed by atoms with van der Waals surface area (Å²) < 4.78 is 12.8. The van der Waals surface area contributed by atoms with Crippen molar-refractivity contribution in [2.24, 2.45) is 5.73 Å². The first kappa shape index (κ1) is 17.2. The number of hydrogen-bond acceptors (Lipinski definition) is 5. The summed E-state index contributed by atoms with van der Waals surface area (Å²) >= 11 is 1.18. The molecule has 3 amide bonds. The predicted molar refractivity (Wildman–Crippen MR) is 84.8 cm³/mol. The smallest absolute Gasteiger partial charge is 0.234 e. The Balaban J connectivity index is 1.79. The van der Waals surface area contributed by atoms with Gasteiger partial charge in [0, 0.05) is 24.6 Å². The highest BCUT2D eigenvalue weighted by Crippen LogP contribution is 2.15. The van der Waals surface area contributed by atoms with Crippen molar-refractivity contribution in [1.29, 1.82) is 0 Å². The number of hydrogen-bond donors (Lipinski definition) is 4. The maximum atomic E-state index is 12.8. The number of amides is 3. The van der Waals surface area contributed by atoms with Gasteiger partial charge >= 0.3 is 0 Å². The summed E-state index contributed by atoms with van der Waals surface area (Å²) in [4.78, 5) is 34.3. The Morgan fingerprint density at radius 3 is 2.70 bits per heavy atom. The molecule has 0 aliphatic carbocycles. The molecular formula is C14H17FN4O3S. The molecule has 5 N–H and O–H groups in total. The number of halogens is 1. The number of anilines is 1. The number of carbonyl (C=O) groups excluding carboxylic acids is 3. The van der Waals surface area contributed by atoms with Gasteiger partial charge in [-0.05, 0) is 24.3 Å². The maximum absolute atomic E-state index is 12.8. The number of nitrogens with one attached hydrogen (secondary N) is 3. The summed E-state index contributed by atoms with van der Waals surface area (Å²) in [7, 11) is 0. The summed E-state index contributed by atoms with van der Waals surface area (Å²) in [6.45, 7) is 0. The highest BCUT2D eigenvalue weighted by Gasteiger charge is 2.27. The van der Waals surface area contributed by atoms with Crippen molar-refractivity contribution < 1.29 is 18.8 Å². The molecule has 7 nitrogen and oxygen atoms in total. The fraction of sp³-hybridized carbons (Fsp3) is 0.357. The third-order valence-electron chi connectivity index (χ3n) is 3.07.